The summed E-state index contributed by atoms with van der Waals surface area (Å²) >= 11 is 0. The van der Waals surface area contributed by atoms with Crippen molar-refractivity contribution in [3.05, 3.63) is 69.8 Å². The van der Waals surface area contributed by atoms with Crippen molar-refractivity contribution in [2.45, 2.75) is 38.1 Å². The van der Waals surface area contributed by atoms with Crippen molar-refractivity contribution in [1.82, 2.24) is 10.2 Å². The predicted octanol–water partition coefficient (Wildman–Crippen LogP) is 4.21. The van der Waals surface area contributed by atoms with Crippen LogP contribution in [0, 0.1) is 5.82 Å². The van der Waals surface area contributed by atoms with Gasteiger partial charge < -0.3 is 19.2 Å². The number of benzene rings is 2. The highest BCUT2D eigenvalue weighted by atomic mass is 19.3. The Labute approximate surface area is 192 Å². The second-order valence-corrected chi connectivity index (χ2v) is 8.45. The molecule has 0 bridgehead atoms. The number of piperidine rings is 1. The Bertz CT molecular complexity index is 1320. The van der Waals surface area contributed by atoms with Crippen LogP contribution in [0.5, 0.6) is 11.5 Å². The first-order valence-corrected chi connectivity index (χ1v) is 10.9. The summed E-state index contributed by atoms with van der Waals surface area (Å²) in [5.41, 5.74) is 0.409. The van der Waals surface area contributed by atoms with Gasteiger partial charge in [0, 0.05) is 37.3 Å². The molecule has 1 fully saturated rings. The molecule has 34 heavy (non-hydrogen) atoms. The molecule has 1 N–H and O–H groups in total. The smallest absolute Gasteiger partial charge is 0.451 e. The summed E-state index contributed by atoms with van der Waals surface area (Å²) in [6, 6.07) is 9.21. The number of nitrogens with one attached hydrogen (secondary N) is 1. The molecule has 1 atom stereocenters. The number of hydrogen-bond donors (Lipinski definition) is 1. The Morgan fingerprint density at radius 1 is 1.09 bits per heavy atom. The van der Waals surface area contributed by atoms with Crippen molar-refractivity contribution in [1.29, 1.82) is 0 Å². The maximum absolute atomic E-state index is 13.5. The van der Waals surface area contributed by atoms with E-state index < -0.39 is 23.4 Å². The number of alkyl halides is 2. The van der Waals surface area contributed by atoms with E-state index in [9.17, 15) is 22.8 Å². The second kappa shape index (κ2) is 8.35. The van der Waals surface area contributed by atoms with Crippen molar-refractivity contribution in [2.75, 3.05) is 13.1 Å². The van der Waals surface area contributed by atoms with Crippen LogP contribution in [0.3, 0.4) is 0 Å². The van der Waals surface area contributed by atoms with Crippen LogP contribution in [0.15, 0.2) is 51.7 Å². The first-order valence-electron chi connectivity index (χ1n) is 10.9. The van der Waals surface area contributed by atoms with Crippen molar-refractivity contribution >= 4 is 16.9 Å². The standard InChI is InChI=1S/C24H21F3N2O5/c1-13(14-2-5-19-21(10-14)34-24(26,27)33-19)29-8-6-16(7-9-29)28-23(31)22-12-18(30)17-4-3-15(25)11-20(17)32-22/h2-5,10-13,16H,6-9H2,1H3,(H,28,31)/t13-/m1/s1. The van der Waals surface area contributed by atoms with Crippen molar-refractivity contribution < 1.29 is 31.9 Å². The zero-order valence-corrected chi connectivity index (χ0v) is 18.1. The third-order valence-electron chi connectivity index (χ3n) is 6.24. The van der Waals surface area contributed by atoms with Gasteiger partial charge in [-0.3, -0.25) is 14.5 Å². The van der Waals surface area contributed by atoms with E-state index in [-0.39, 0.29) is 40.3 Å². The number of carbonyl (C=O) groups is 1. The Morgan fingerprint density at radius 2 is 1.82 bits per heavy atom. The van der Waals surface area contributed by atoms with E-state index in [0.717, 1.165) is 23.8 Å². The largest absolute Gasteiger partial charge is 0.586 e. The van der Waals surface area contributed by atoms with E-state index in [1.807, 2.05) is 6.92 Å². The van der Waals surface area contributed by atoms with E-state index in [1.54, 1.807) is 12.1 Å². The molecule has 5 rings (SSSR count). The van der Waals surface area contributed by atoms with Gasteiger partial charge in [-0.2, -0.15) is 0 Å². The zero-order valence-electron chi connectivity index (χ0n) is 18.1. The van der Waals surface area contributed by atoms with Gasteiger partial charge in [0.25, 0.3) is 5.91 Å². The third kappa shape index (κ3) is 4.33. The number of carbonyl (C=O) groups excluding carboxylic acids is 1. The second-order valence-electron chi connectivity index (χ2n) is 8.45. The van der Waals surface area contributed by atoms with Crippen molar-refractivity contribution in [3.63, 3.8) is 0 Å². The minimum absolute atomic E-state index is 0.00505. The molecule has 178 valence electrons. The van der Waals surface area contributed by atoms with Gasteiger partial charge in [0.05, 0.1) is 5.39 Å². The molecule has 2 aliphatic rings. The fourth-order valence-electron chi connectivity index (χ4n) is 4.36. The summed E-state index contributed by atoms with van der Waals surface area (Å²) in [6.07, 6.45) is -2.37. The average Bonchev–Trinajstić information content (AvgIpc) is 3.11. The predicted molar refractivity (Wildman–Crippen MR) is 116 cm³/mol. The lowest BCUT2D eigenvalue weighted by Gasteiger charge is -2.36. The number of hydrogen-bond acceptors (Lipinski definition) is 6. The number of amides is 1. The molecule has 0 radical (unpaired) electrons. The van der Waals surface area contributed by atoms with E-state index in [1.165, 1.54) is 12.1 Å². The Hall–Kier alpha value is -3.53. The number of nitrogens with zero attached hydrogens (tertiary/aromatic N) is 1. The van der Waals surface area contributed by atoms with Gasteiger partial charge in [-0.15, -0.1) is 8.78 Å². The van der Waals surface area contributed by atoms with Gasteiger partial charge in [-0.1, -0.05) is 6.07 Å². The van der Waals surface area contributed by atoms with Crippen LogP contribution in [-0.4, -0.2) is 36.2 Å². The van der Waals surface area contributed by atoms with Gasteiger partial charge >= 0.3 is 6.29 Å². The van der Waals surface area contributed by atoms with Crippen LogP contribution < -0.4 is 20.2 Å². The number of ether oxygens (including phenoxy) is 2. The van der Waals surface area contributed by atoms with Crippen LogP contribution in [-0.2, 0) is 0 Å². The van der Waals surface area contributed by atoms with Crippen molar-refractivity contribution in [3.8, 4) is 11.5 Å². The van der Waals surface area contributed by atoms with E-state index >= 15 is 0 Å². The molecule has 1 aromatic heterocycles. The van der Waals surface area contributed by atoms with Crippen molar-refractivity contribution in [2.24, 2.45) is 0 Å². The normalized spacial score (nSPS) is 18.7. The quantitative estimate of drug-likeness (QED) is 0.610. The van der Waals surface area contributed by atoms with E-state index in [0.29, 0.717) is 25.9 Å². The van der Waals surface area contributed by atoms with Crippen LogP contribution in [0.4, 0.5) is 13.2 Å². The van der Waals surface area contributed by atoms with Gasteiger partial charge in [0.2, 0.25) is 0 Å². The molecule has 0 saturated carbocycles. The molecule has 3 heterocycles. The monoisotopic (exact) mass is 474 g/mol. The van der Waals surface area contributed by atoms with Crippen LogP contribution in [0.2, 0.25) is 0 Å². The highest BCUT2D eigenvalue weighted by Crippen LogP contribution is 2.42. The number of rotatable bonds is 4. The molecular formula is C24H21F3N2O5. The average molecular weight is 474 g/mol. The van der Waals surface area contributed by atoms with Crippen LogP contribution in [0.25, 0.3) is 11.0 Å². The molecule has 3 aromatic rings. The Balaban J connectivity index is 1.21. The summed E-state index contributed by atoms with van der Waals surface area (Å²) in [5, 5.41) is 3.07. The van der Waals surface area contributed by atoms with E-state index in [4.69, 9.17) is 4.42 Å². The number of fused-ring (bicyclic) bond motifs is 2. The molecule has 7 nitrogen and oxygen atoms in total. The molecule has 2 aromatic carbocycles. The number of halogens is 3. The fraction of sp³-hybridized carbons (Fsp3) is 0.333. The minimum atomic E-state index is -3.65. The molecule has 1 amide bonds. The maximum atomic E-state index is 13.5. The Kier molecular flexibility index (Phi) is 5.47. The molecular weight excluding hydrogens is 453 g/mol. The first kappa shape index (κ1) is 22.3. The highest BCUT2D eigenvalue weighted by Gasteiger charge is 2.43. The van der Waals surface area contributed by atoms with Gasteiger partial charge in [0.15, 0.2) is 22.7 Å². The lowest BCUT2D eigenvalue weighted by atomic mass is 9.99. The van der Waals surface area contributed by atoms with Gasteiger partial charge in [-0.25, -0.2) is 4.39 Å². The zero-order chi connectivity index (χ0) is 24.0. The molecule has 0 spiro atoms. The van der Waals surface area contributed by atoms with E-state index in [2.05, 4.69) is 19.7 Å². The SMILES string of the molecule is C[C@H](c1ccc2c(c1)OC(F)(F)O2)N1CCC(NC(=O)c2cc(=O)c3ccc(F)cc3o2)CC1. The van der Waals surface area contributed by atoms with Gasteiger partial charge in [-0.05, 0) is 49.6 Å². The highest BCUT2D eigenvalue weighted by molar-refractivity contribution is 5.93. The molecule has 0 aliphatic carbocycles. The minimum Gasteiger partial charge on any atom is -0.451 e. The first-order chi connectivity index (χ1) is 16.2. The topological polar surface area (TPSA) is 81.0 Å². The third-order valence-corrected chi connectivity index (χ3v) is 6.24. The molecule has 10 heteroatoms. The van der Waals surface area contributed by atoms with Crippen LogP contribution >= 0.6 is 0 Å². The molecule has 0 unspecified atom stereocenters. The lowest BCUT2D eigenvalue weighted by Crippen LogP contribution is -2.45. The van der Waals surface area contributed by atoms with Gasteiger partial charge in [0.1, 0.15) is 11.4 Å². The summed E-state index contributed by atoms with van der Waals surface area (Å²) in [5.74, 6) is -1.26. The summed E-state index contributed by atoms with van der Waals surface area (Å²) in [4.78, 5) is 27.1. The summed E-state index contributed by atoms with van der Waals surface area (Å²) in [6.45, 7) is 3.28. The molecule has 2 aliphatic heterocycles. The molecule has 1 saturated heterocycles. The maximum Gasteiger partial charge on any atom is 0.586 e. The Morgan fingerprint density at radius 3 is 2.59 bits per heavy atom. The summed E-state index contributed by atoms with van der Waals surface area (Å²) < 4.78 is 54.5. The fourth-order valence-corrected chi connectivity index (χ4v) is 4.36. The van der Waals surface area contributed by atoms with Crippen LogP contribution in [0.1, 0.15) is 41.9 Å². The lowest BCUT2D eigenvalue weighted by molar-refractivity contribution is -0.286. The number of likely N-dealkylation sites (tertiary alicyclic amines) is 1. The summed E-state index contributed by atoms with van der Waals surface area (Å²) in [7, 11) is 0.